The van der Waals surface area contributed by atoms with Crippen LogP contribution in [0.4, 0.5) is 0 Å². The van der Waals surface area contributed by atoms with E-state index >= 15 is 0 Å². The molecule has 0 spiro atoms. The fraction of sp³-hybridized carbons (Fsp3) is 0.412. The summed E-state index contributed by atoms with van der Waals surface area (Å²) in [6.45, 7) is 2.86. The van der Waals surface area contributed by atoms with Crippen LogP contribution in [0, 0.1) is 0 Å². The highest BCUT2D eigenvalue weighted by molar-refractivity contribution is 7.99. The van der Waals surface area contributed by atoms with Crippen LogP contribution in [0.5, 0.6) is 0 Å². The Balaban J connectivity index is 1.56. The number of hydrogen-bond acceptors (Lipinski definition) is 5. The first kappa shape index (κ1) is 16.1. The lowest BCUT2D eigenvalue weighted by Crippen LogP contribution is -2.41. The van der Waals surface area contributed by atoms with Gasteiger partial charge >= 0.3 is 0 Å². The van der Waals surface area contributed by atoms with Crippen LogP contribution in [-0.2, 0) is 4.79 Å². The summed E-state index contributed by atoms with van der Waals surface area (Å²) in [4.78, 5) is 16.4. The average molecular weight is 331 g/mol. The quantitative estimate of drug-likeness (QED) is 0.881. The van der Waals surface area contributed by atoms with Crippen molar-refractivity contribution < 1.29 is 9.21 Å². The van der Waals surface area contributed by atoms with Crippen LogP contribution in [-0.4, -0.2) is 35.0 Å². The molecular weight excluding hydrogens is 310 g/mol. The number of rotatable bonds is 5. The highest BCUT2D eigenvalue weighted by Crippen LogP contribution is 2.22. The zero-order valence-corrected chi connectivity index (χ0v) is 13.9. The molecule has 2 aromatic rings. The molecule has 1 amide bonds. The van der Waals surface area contributed by atoms with Gasteiger partial charge in [0.05, 0.1) is 6.20 Å². The minimum absolute atomic E-state index is 0.0250. The van der Waals surface area contributed by atoms with Gasteiger partial charge in [0.15, 0.2) is 5.76 Å². The topological polar surface area (TPSA) is 67.2 Å². The van der Waals surface area contributed by atoms with E-state index in [1.807, 2.05) is 49.0 Å². The normalized spacial score (nSPS) is 19.3. The monoisotopic (exact) mass is 331 g/mol. The van der Waals surface area contributed by atoms with Gasteiger partial charge in [0, 0.05) is 36.1 Å². The molecule has 0 bridgehead atoms. The van der Waals surface area contributed by atoms with E-state index in [1.165, 1.54) is 0 Å². The fourth-order valence-corrected chi connectivity index (χ4v) is 3.51. The lowest BCUT2D eigenvalue weighted by atomic mass is 10.2. The van der Waals surface area contributed by atoms with Crippen molar-refractivity contribution in [3.8, 4) is 11.3 Å². The van der Waals surface area contributed by atoms with Crippen LogP contribution in [0.3, 0.4) is 0 Å². The molecule has 1 aromatic carbocycles. The second-order valence-electron chi connectivity index (χ2n) is 5.65. The number of nitrogens with one attached hydrogen (secondary N) is 2. The Hall–Kier alpha value is -1.79. The number of aromatic nitrogens is 1. The third-order valence-corrected chi connectivity index (χ3v) is 4.89. The van der Waals surface area contributed by atoms with Crippen molar-refractivity contribution in [3.63, 3.8) is 0 Å². The maximum Gasteiger partial charge on any atom is 0.222 e. The summed E-state index contributed by atoms with van der Waals surface area (Å²) in [6.07, 6.45) is 2.19. The van der Waals surface area contributed by atoms with Gasteiger partial charge in [-0.05, 0) is 6.92 Å². The molecule has 2 unspecified atom stereocenters. The SMILES string of the molecule is CC(NC(=O)CC1CSCCN1)c1ncc(-c2ccccc2)o1. The number of carbonyl (C=O) groups is 1. The molecule has 23 heavy (non-hydrogen) atoms. The largest absolute Gasteiger partial charge is 0.438 e. The summed E-state index contributed by atoms with van der Waals surface area (Å²) in [7, 11) is 0. The fourth-order valence-electron chi connectivity index (χ4n) is 2.56. The van der Waals surface area contributed by atoms with Gasteiger partial charge in [0.1, 0.15) is 6.04 Å². The molecule has 3 rings (SSSR count). The smallest absolute Gasteiger partial charge is 0.222 e. The zero-order chi connectivity index (χ0) is 16.1. The van der Waals surface area contributed by atoms with E-state index in [-0.39, 0.29) is 18.0 Å². The van der Waals surface area contributed by atoms with Crippen molar-refractivity contribution in [3.05, 3.63) is 42.4 Å². The van der Waals surface area contributed by atoms with Crippen LogP contribution in [0.1, 0.15) is 25.3 Å². The zero-order valence-electron chi connectivity index (χ0n) is 13.1. The molecule has 2 heterocycles. The second kappa shape index (κ2) is 7.66. The van der Waals surface area contributed by atoms with Gasteiger partial charge < -0.3 is 15.1 Å². The molecule has 1 saturated heterocycles. The minimum Gasteiger partial charge on any atom is -0.438 e. The number of amides is 1. The van der Waals surface area contributed by atoms with Gasteiger partial charge in [0.25, 0.3) is 0 Å². The predicted molar refractivity (Wildman–Crippen MR) is 92.2 cm³/mol. The Morgan fingerprint density at radius 3 is 3.04 bits per heavy atom. The number of thioether (sulfide) groups is 1. The Bertz CT molecular complexity index is 638. The maximum atomic E-state index is 12.1. The van der Waals surface area contributed by atoms with E-state index in [1.54, 1.807) is 6.20 Å². The van der Waals surface area contributed by atoms with Crippen LogP contribution in [0.15, 0.2) is 40.9 Å². The highest BCUT2D eigenvalue weighted by atomic mass is 32.2. The third-order valence-electron chi connectivity index (χ3n) is 3.76. The number of nitrogens with zero attached hydrogens (tertiary/aromatic N) is 1. The Morgan fingerprint density at radius 2 is 2.30 bits per heavy atom. The minimum atomic E-state index is -0.240. The lowest BCUT2D eigenvalue weighted by molar-refractivity contribution is -0.122. The van der Waals surface area contributed by atoms with Crippen molar-refractivity contribution >= 4 is 17.7 Å². The van der Waals surface area contributed by atoms with Crippen molar-refractivity contribution in [2.75, 3.05) is 18.1 Å². The Morgan fingerprint density at radius 1 is 1.48 bits per heavy atom. The van der Waals surface area contributed by atoms with Crippen molar-refractivity contribution in [2.45, 2.75) is 25.4 Å². The van der Waals surface area contributed by atoms with Gasteiger partial charge in [-0.1, -0.05) is 30.3 Å². The second-order valence-corrected chi connectivity index (χ2v) is 6.80. The first-order valence-corrected chi connectivity index (χ1v) is 8.99. The van der Waals surface area contributed by atoms with Gasteiger partial charge in [-0.15, -0.1) is 0 Å². The van der Waals surface area contributed by atoms with E-state index in [0.717, 1.165) is 23.6 Å². The molecule has 1 fully saturated rings. The first-order chi connectivity index (χ1) is 11.2. The summed E-state index contributed by atoms with van der Waals surface area (Å²) in [5, 5.41) is 6.33. The summed E-state index contributed by atoms with van der Waals surface area (Å²) in [6, 6.07) is 9.83. The number of carbonyl (C=O) groups excluding carboxylic acids is 1. The van der Waals surface area contributed by atoms with Crippen LogP contribution < -0.4 is 10.6 Å². The molecule has 1 aromatic heterocycles. The van der Waals surface area contributed by atoms with E-state index in [2.05, 4.69) is 15.6 Å². The van der Waals surface area contributed by atoms with Crippen LogP contribution >= 0.6 is 11.8 Å². The summed E-state index contributed by atoms with van der Waals surface area (Å²) in [5.74, 6) is 3.37. The predicted octanol–water partition coefficient (Wildman–Crippen LogP) is 2.61. The summed E-state index contributed by atoms with van der Waals surface area (Å²) >= 11 is 1.89. The van der Waals surface area contributed by atoms with Crippen molar-refractivity contribution in [1.82, 2.24) is 15.6 Å². The number of hydrogen-bond donors (Lipinski definition) is 2. The van der Waals surface area contributed by atoms with Crippen molar-refractivity contribution in [2.24, 2.45) is 0 Å². The summed E-state index contributed by atoms with van der Waals surface area (Å²) < 4.78 is 5.78. The van der Waals surface area contributed by atoms with E-state index < -0.39 is 0 Å². The Kier molecular flexibility index (Phi) is 5.35. The standard InChI is InChI=1S/C17H21N3O2S/c1-12(20-16(21)9-14-11-23-8-7-18-14)17-19-10-15(22-17)13-5-3-2-4-6-13/h2-6,10,12,14,18H,7-9,11H2,1H3,(H,20,21). The van der Waals surface area contributed by atoms with Crippen molar-refractivity contribution in [1.29, 1.82) is 0 Å². The third kappa shape index (κ3) is 4.36. The maximum absolute atomic E-state index is 12.1. The molecule has 6 heteroatoms. The number of oxazole rings is 1. The Labute approximate surface area is 140 Å². The van der Waals surface area contributed by atoms with E-state index in [4.69, 9.17) is 4.42 Å². The molecule has 0 radical (unpaired) electrons. The van der Waals surface area contributed by atoms with Crippen LogP contribution in [0.2, 0.25) is 0 Å². The lowest BCUT2D eigenvalue weighted by Gasteiger charge is -2.23. The molecule has 0 aliphatic carbocycles. The molecule has 122 valence electrons. The van der Waals surface area contributed by atoms with Gasteiger partial charge in [-0.3, -0.25) is 4.79 Å². The van der Waals surface area contributed by atoms with E-state index in [0.29, 0.717) is 18.1 Å². The van der Waals surface area contributed by atoms with Gasteiger partial charge in [-0.25, -0.2) is 4.98 Å². The number of benzene rings is 1. The molecule has 1 aliphatic heterocycles. The molecule has 0 saturated carbocycles. The van der Waals surface area contributed by atoms with Crippen LogP contribution in [0.25, 0.3) is 11.3 Å². The van der Waals surface area contributed by atoms with Gasteiger partial charge in [0.2, 0.25) is 11.8 Å². The van der Waals surface area contributed by atoms with Gasteiger partial charge in [-0.2, -0.15) is 11.8 Å². The molecular formula is C17H21N3O2S. The molecule has 1 aliphatic rings. The van der Waals surface area contributed by atoms with E-state index in [9.17, 15) is 4.79 Å². The highest BCUT2D eigenvalue weighted by Gasteiger charge is 2.20. The average Bonchev–Trinajstić information content (AvgIpc) is 3.06. The molecule has 2 N–H and O–H groups in total. The summed E-state index contributed by atoms with van der Waals surface area (Å²) in [5.41, 5.74) is 0.980. The molecule has 5 nitrogen and oxygen atoms in total. The molecule has 2 atom stereocenters. The first-order valence-electron chi connectivity index (χ1n) is 7.84.